The third kappa shape index (κ3) is 2.67. The molecule has 1 aromatic heterocycles. The summed E-state index contributed by atoms with van der Waals surface area (Å²) in [6.07, 6.45) is 1.30. The molecule has 1 aromatic carbocycles. The highest BCUT2D eigenvalue weighted by molar-refractivity contribution is 5.73. The number of carboxylic acid groups (broad SMARTS) is 1. The van der Waals surface area contributed by atoms with E-state index in [1.807, 2.05) is 6.92 Å². The number of hydrogen-bond donors (Lipinski definition) is 1. The first-order chi connectivity index (χ1) is 9.15. The molecule has 0 spiro atoms. The van der Waals surface area contributed by atoms with Crippen molar-refractivity contribution in [2.24, 2.45) is 0 Å². The molecule has 0 aliphatic rings. The van der Waals surface area contributed by atoms with E-state index in [1.165, 1.54) is 0 Å². The van der Waals surface area contributed by atoms with Gasteiger partial charge in [-0.3, -0.25) is 9.59 Å². The molecule has 0 unspecified atom stereocenters. The Hall–Kier alpha value is -2.50. The zero-order chi connectivity index (χ0) is 13.8. The third-order valence-corrected chi connectivity index (χ3v) is 2.78. The second-order valence-electron chi connectivity index (χ2n) is 4.04. The summed E-state index contributed by atoms with van der Waals surface area (Å²) in [5, 5.41) is 16.4. The fourth-order valence-electron chi connectivity index (χ4n) is 1.87. The van der Waals surface area contributed by atoms with Gasteiger partial charge in [0.2, 0.25) is 0 Å². The van der Waals surface area contributed by atoms with Crippen molar-refractivity contribution in [1.82, 2.24) is 15.0 Å². The van der Waals surface area contributed by atoms with Crippen LogP contribution in [0.1, 0.15) is 28.7 Å². The van der Waals surface area contributed by atoms with Gasteiger partial charge >= 0.3 is 5.97 Å². The molecule has 1 heterocycles. The number of nitrogens with zero attached hydrogens (tertiary/aromatic N) is 3. The van der Waals surface area contributed by atoms with Crippen molar-refractivity contribution in [1.29, 1.82) is 0 Å². The largest absolute Gasteiger partial charge is 0.481 e. The molecule has 0 saturated heterocycles. The maximum absolute atomic E-state index is 10.8. The van der Waals surface area contributed by atoms with E-state index in [2.05, 4.69) is 10.3 Å². The smallest absolute Gasteiger partial charge is 0.307 e. The number of carboxylic acids is 1. The number of carbonyl (C=O) groups excluding carboxylic acids is 1. The van der Waals surface area contributed by atoms with E-state index < -0.39 is 5.97 Å². The average Bonchev–Trinajstić information content (AvgIpc) is 2.81. The Morgan fingerprint density at radius 3 is 2.58 bits per heavy atom. The Balaban J connectivity index is 2.34. The number of benzene rings is 1. The van der Waals surface area contributed by atoms with Gasteiger partial charge in [0.05, 0.1) is 17.8 Å². The van der Waals surface area contributed by atoms with E-state index in [-0.39, 0.29) is 6.42 Å². The Labute approximate surface area is 109 Å². The Kier molecular flexibility index (Phi) is 3.70. The van der Waals surface area contributed by atoms with Crippen LogP contribution in [0.3, 0.4) is 0 Å². The lowest BCUT2D eigenvalue weighted by molar-refractivity contribution is -0.136. The summed E-state index contributed by atoms with van der Waals surface area (Å²) >= 11 is 0. The molecule has 0 atom stereocenters. The molecule has 1 N–H and O–H groups in total. The summed E-state index contributed by atoms with van der Waals surface area (Å²) in [6.45, 7) is 1.92. The zero-order valence-corrected chi connectivity index (χ0v) is 10.4. The van der Waals surface area contributed by atoms with Crippen LogP contribution >= 0.6 is 0 Å². The van der Waals surface area contributed by atoms with Crippen molar-refractivity contribution in [3.63, 3.8) is 0 Å². The van der Waals surface area contributed by atoms with E-state index in [0.717, 1.165) is 11.4 Å². The highest BCUT2D eigenvalue weighted by atomic mass is 16.4. The van der Waals surface area contributed by atoms with Crippen LogP contribution in [0.4, 0.5) is 0 Å². The van der Waals surface area contributed by atoms with Gasteiger partial charge < -0.3 is 5.11 Å². The number of aldehydes is 1. The summed E-state index contributed by atoms with van der Waals surface area (Å²) < 4.78 is 1.59. The topological polar surface area (TPSA) is 85.1 Å². The first kappa shape index (κ1) is 12.9. The molecular weight excluding hydrogens is 246 g/mol. The maximum atomic E-state index is 10.8. The summed E-state index contributed by atoms with van der Waals surface area (Å²) in [5.41, 5.74) is 2.54. The second-order valence-corrected chi connectivity index (χ2v) is 4.04. The maximum Gasteiger partial charge on any atom is 0.307 e. The summed E-state index contributed by atoms with van der Waals surface area (Å²) in [4.78, 5) is 21.4. The standard InChI is InChI=1S/C13H13N3O3/c1-2-12-11(8-17)14-15-16(12)10-5-3-9(4-6-10)7-13(18)19/h3-6,8H,2,7H2,1H3,(H,18,19). The average molecular weight is 259 g/mol. The molecule has 6 heteroatoms. The van der Waals surface area contributed by atoms with Gasteiger partial charge in [0.15, 0.2) is 6.29 Å². The molecule has 0 aliphatic heterocycles. The van der Waals surface area contributed by atoms with Gasteiger partial charge in [0.25, 0.3) is 0 Å². The molecule has 6 nitrogen and oxygen atoms in total. The van der Waals surface area contributed by atoms with Crippen molar-refractivity contribution in [2.75, 3.05) is 0 Å². The predicted molar refractivity (Wildman–Crippen MR) is 67.5 cm³/mol. The highest BCUT2D eigenvalue weighted by Crippen LogP contribution is 2.14. The minimum absolute atomic E-state index is 0.0160. The van der Waals surface area contributed by atoms with Crippen LogP contribution < -0.4 is 0 Å². The van der Waals surface area contributed by atoms with Gasteiger partial charge in [-0.2, -0.15) is 0 Å². The molecule has 2 aromatic rings. The van der Waals surface area contributed by atoms with Crippen molar-refractivity contribution in [3.05, 3.63) is 41.2 Å². The molecule has 0 aliphatic carbocycles. The van der Waals surface area contributed by atoms with Crippen LogP contribution in [-0.4, -0.2) is 32.4 Å². The predicted octanol–water partition coefficient (Wildman–Crippen LogP) is 1.27. The number of aliphatic carboxylic acids is 1. The van der Waals surface area contributed by atoms with Gasteiger partial charge in [-0.1, -0.05) is 24.3 Å². The van der Waals surface area contributed by atoms with E-state index in [0.29, 0.717) is 24.0 Å². The highest BCUT2D eigenvalue weighted by Gasteiger charge is 2.11. The van der Waals surface area contributed by atoms with Crippen molar-refractivity contribution in [3.8, 4) is 5.69 Å². The lowest BCUT2D eigenvalue weighted by Gasteiger charge is -2.05. The summed E-state index contributed by atoms with van der Waals surface area (Å²) in [5.74, 6) is -0.869. The third-order valence-electron chi connectivity index (χ3n) is 2.78. The van der Waals surface area contributed by atoms with Crippen molar-refractivity contribution >= 4 is 12.3 Å². The monoisotopic (exact) mass is 259 g/mol. The molecule has 0 bridgehead atoms. The van der Waals surface area contributed by atoms with Crippen molar-refractivity contribution in [2.45, 2.75) is 19.8 Å². The SMILES string of the molecule is CCc1c(C=O)nnn1-c1ccc(CC(=O)O)cc1. The zero-order valence-electron chi connectivity index (χ0n) is 10.4. The van der Waals surface area contributed by atoms with Gasteiger partial charge in [0.1, 0.15) is 5.69 Å². The summed E-state index contributed by atoms with van der Waals surface area (Å²) in [6, 6.07) is 6.98. The minimum atomic E-state index is -0.869. The summed E-state index contributed by atoms with van der Waals surface area (Å²) in [7, 11) is 0. The van der Waals surface area contributed by atoms with E-state index in [9.17, 15) is 9.59 Å². The molecule has 0 saturated carbocycles. The van der Waals surface area contributed by atoms with Crippen LogP contribution in [0, 0.1) is 0 Å². The fourth-order valence-corrected chi connectivity index (χ4v) is 1.87. The lowest BCUT2D eigenvalue weighted by atomic mass is 10.1. The second kappa shape index (κ2) is 5.43. The molecule has 2 rings (SSSR count). The normalized spacial score (nSPS) is 10.4. The lowest BCUT2D eigenvalue weighted by Crippen LogP contribution is -2.04. The van der Waals surface area contributed by atoms with E-state index in [4.69, 9.17) is 5.11 Å². The molecule has 98 valence electrons. The van der Waals surface area contributed by atoms with Gasteiger partial charge in [-0.05, 0) is 24.1 Å². The Morgan fingerprint density at radius 2 is 2.05 bits per heavy atom. The van der Waals surface area contributed by atoms with Gasteiger partial charge in [-0.15, -0.1) is 5.10 Å². The first-order valence-electron chi connectivity index (χ1n) is 5.86. The molecule has 19 heavy (non-hydrogen) atoms. The van der Waals surface area contributed by atoms with Crippen LogP contribution in [0.2, 0.25) is 0 Å². The number of rotatable bonds is 5. The number of aromatic nitrogens is 3. The first-order valence-corrected chi connectivity index (χ1v) is 5.86. The van der Waals surface area contributed by atoms with Crippen LogP contribution in [-0.2, 0) is 17.6 Å². The molecule has 0 radical (unpaired) electrons. The van der Waals surface area contributed by atoms with Crippen LogP contribution in [0.15, 0.2) is 24.3 Å². The van der Waals surface area contributed by atoms with Crippen LogP contribution in [0.5, 0.6) is 0 Å². The van der Waals surface area contributed by atoms with Crippen molar-refractivity contribution < 1.29 is 14.7 Å². The van der Waals surface area contributed by atoms with Gasteiger partial charge in [-0.25, -0.2) is 4.68 Å². The number of hydrogen-bond acceptors (Lipinski definition) is 4. The molecule has 0 amide bonds. The quantitative estimate of drug-likeness (QED) is 0.817. The molecule has 0 fully saturated rings. The molecular formula is C13H13N3O3. The van der Waals surface area contributed by atoms with Crippen LogP contribution in [0.25, 0.3) is 5.69 Å². The van der Waals surface area contributed by atoms with E-state index >= 15 is 0 Å². The fraction of sp³-hybridized carbons (Fsp3) is 0.231. The minimum Gasteiger partial charge on any atom is -0.481 e. The number of carbonyl (C=O) groups is 2. The Morgan fingerprint density at radius 1 is 1.37 bits per heavy atom. The Bertz CT molecular complexity index is 602. The van der Waals surface area contributed by atoms with E-state index in [1.54, 1.807) is 28.9 Å². The van der Waals surface area contributed by atoms with Gasteiger partial charge in [0, 0.05) is 0 Å².